The number of nitrogen functional groups attached to an aromatic ring is 1. The monoisotopic (exact) mass is 322 g/mol. The first-order valence-corrected chi connectivity index (χ1v) is 7.22. The zero-order valence-corrected chi connectivity index (χ0v) is 12.8. The molecule has 2 rings (SSSR count). The van der Waals surface area contributed by atoms with Gasteiger partial charge in [0, 0.05) is 17.8 Å². The van der Waals surface area contributed by atoms with Crippen LogP contribution in [0, 0.1) is 24.0 Å². The maximum Gasteiger partial charge on any atom is 0.269 e. The Bertz CT molecular complexity index is 730. The molecule has 0 saturated carbocycles. The molecule has 2 aromatic rings. The first-order chi connectivity index (χ1) is 10.4. The molecule has 3 N–H and O–H groups in total. The van der Waals surface area contributed by atoms with Crippen LogP contribution in [0.15, 0.2) is 23.4 Å². The van der Waals surface area contributed by atoms with Crippen LogP contribution in [-0.2, 0) is 4.79 Å². The molecule has 10 heteroatoms. The molecule has 1 aromatic heterocycles. The highest BCUT2D eigenvalue weighted by Crippen LogP contribution is 2.22. The smallest absolute Gasteiger partial charge is 0.269 e. The molecule has 1 aromatic carbocycles. The number of carbonyl (C=O) groups excluding carboxylic acids is 1. The summed E-state index contributed by atoms with van der Waals surface area (Å²) in [6.45, 7) is 3.40. The Labute approximate surface area is 130 Å². The summed E-state index contributed by atoms with van der Waals surface area (Å²) in [4.78, 5) is 22.1. The standard InChI is InChI=1S/C12H14N6O3S/c1-7-5-9(18(20)21)3-4-10(7)14-11(19)6-22-12-16-15-8(2)17(12)13/h3-5H,6,13H2,1-2H3,(H,14,19). The van der Waals surface area contributed by atoms with Crippen molar-refractivity contribution in [1.29, 1.82) is 0 Å². The van der Waals surface area contributed by atoms with E-state index in [0.29, 0.717) is 22.2 Å². The topological polar surface area (TPSA) is 129 Å². The van der Waals surface area contributed by atoms with E-state index in [9.17, 15) is 14.9 Å². The van der Waals surface area contributed by atoms with Gasteiger partial charge in [0.05, 0.1) is 10.7 Å². The van der Waals surface area contributed by atoms with E-state index in [2.05, 4.69) is 15.5 Å². The molecule has 0 radical (unpaired) electrons. The van der Waals surface area contributed by atoms with Gasteiger partial charge in [0.1, 0.15) is 5.82 Å². The first-order valence-electron chi connectivity index (χ1n) is 6.23. The number of hydrogen-bond donors (Lipinski definition) is 2. The number of nitrogens with one attached hydrogen (secondary N) is 1. The highest BCUT2D eigenvalue weighted by Gasteiger charge is 2.12. The van der Waals surface area contributed by atoms with Crippen molar-refractivity contribution in [2.45, 2.75) is 19.0 Å². The molecule has 1 heterocycles. The Morgan fingerprint density at radius 1 is 1.45 bits per heavy atom. The van der Waals surface area contributed by atoms with E-state index in [1.807, 2.05) is 0 Å². The van der Waals surface area contributed by atoms with E-state index in [1.165, 1.54) is 22.9 Å². The van der Waals surface area contributed by atoms with Crippen LogP contribution in [0.5, 0.6) is 0 Å². The zero-order valence-electron chi connectivity index (χ0n) is 11.9. The second kappa shape index (κ2) is 6.43. The van der Waals surface area contributed by atoms with E-state index in [-0.39, 0.29) is 17.3 Å². The van der Waals surface area contributed by atoms with Gasteiger partial charge in [-0.05, 0) is 25.5 Å². The fourth-order valence-corrected chi connectivity index (χ4v) is 2.37. The number of hydrogen-bond acceptors (Lipinski definition) is 7. The van der Waals surface area contributed by atoms with Crippen LogP contribution in [0.3, 0.4) is 0 Å². The maximum atomic E-state index is 11.9. The number of nitrogens with zero attached hydrogens (tertiary/aromatic N) is 4. The predicted molar refractivity (Wildman–Crippen MR) is 82.1 cm³/mol. The molecular weight excluding hydrogens is 308 g/mol. The Balaban J connectivity index is 1.97. The van der Waals surface area contributed by atoms with Crippen LogP contribution in [0.1, 0.15) is 11.4 Å². The highest BCUT2D eigenvalue weighted by atomic mass is 32.2. The van der Waals surface area contributed by atoms with E-state index < -0.39 is 4.92 Å². The SMILES string of the molecule is Cc1cc([N+](=O)[O-])ccc1NC(=O)CSc1nnc(C)n1N. The van der Waals surface area contributed by atoms with E-state index in [0.717, 1.165) is 11.8 Å². The van der Waals surface area contributed by atoms with E-state index in [1.54, 1.807) is 13.8 Å². The molecule has 0 atom stereocenters. The van der Waals surface area contributed by atoms with Gasteiger partial charge >= 0.3 is 0 Å². The van der Waals surface area contributed by atoms with Gasteiger partial charge in [0.15, 0.2) is 0 Å². The number of benzene rings is 1. The minimum atomic E-state index is -0.481. The molecule has 0 aliphatic carbocycles. The van der Waals surface area contributed by atoms with Crippen LogP contribution < -0.4 is 11.2 Å². The predicted octanol–water partition coefficient (Wildman–Crippen LogP) is 1.25. The lowest BCUT2D eigenvalue weighted by Crippen LogP contribution is -2.17. The molecule has 0 fully saturated rings. The summed E-state index contributed by atoms with van der Waals surface area (Å²) in [5, 5.41) is 21.4. The fourth-order valence-electron chi connectivity index (χ4n) is 1.67. The number of amides is 1. The molecule has 9 nitrogen and oxygen atoms in total. The lowest BCUT2D eigenvalue weighted by molar-refractivity contribution is -0.384. The molecule has 0 unspecified atom stereocenters. The molecular formula is C12H14N6O3S. The van der Waals surface area contributed by atoms with Gasteiger partial charge in [0.25, 0.3) is 5.69 Å². The van der Waals surface area contributed by atoms with Crippen molar-refractivity contribution in [2.24, 2.45) is 0 Å². The van der Waals surface area contributed by atoms with Gasteiger partial charge in [-0.15, -0.1) is 10.2 Å². The second-order valence-electron chi connectivity index (χ2n) is 4.49. The minimum absolute atomic E-state index is 0.0171. The van der Waals surface area contributed by atoms with E-state index >= 15 is 0 Å². The number of aryl methyl sites for hydroxylation is 2. The summed E-state index contributed by atoms with van der Waals surface area (Å²) in [5.41, 5.74) is 1.13. The average Bonchev–Trinajstić information content (AvgIpc) is 2.78. The summed E-state index contributed by atoms with van der Waals surface area (Å²) in [6.07, 6.45) is 0. The van der Waals surface area contributed by atoms with Gasteiger partial charge in [-0.2, -0.15) is 0 Å². The summed E-state index contributed by atoms with van der Waals surface area (Å²) in [5.74, 6) is 6.08. The number of non-ortho nitro benzene ring substituents is 1. The van der Waals surface area contributed by atoms with Crippen LogP contribution in [0.2, 0.25) is 0 Å². The fraction of sp³-hybridized carbons (Fsp3) is 0.250. The highest BCUT2D eigenvalue weighted by molar-refractivity contribution is 7.99. The van der Waals surface area contributed by atoms with Crippen molar-refractivity contribution in [3.63, 3.8) is 0 Å². The van der Waals surface area contributed by atoms with E-state index in [4.69, 9.17) is 5.84 Å². The number of aromatic nitrogens is 3. The van der Waals surface area contributed by atoms with Gasteiger partial charge in [0.2, 0.25) is 11.1 Å². The normalized spacial score (nSPS) is 10.5. The number of nitrogens with two attached hydrogens (primary N) is 1. The van der Waals surface area contributed by atoms with Crippen molar-refractivity contribution in [1.82, 2.24) is 14.9 Å². The summed E-state index contributed by atoms with van der Waals surface area (Å²) >= 11 is 1.15. The Hall–Kier alpha value is -2.62. The number of thioether (sulfide) groups is 1. The zero-order chi connectivity index (χ0) is 16.3. The van der Waals surface area contributed by atoms with Crippen LogP contribution in [0.4, 0.5) is 11.4 Å². The summed E-state index contributed by atoms with van der Waals surface area (Å²) in [7, 11) is 0. The number of rotatable bonds is 5. The number of nitro groups is 1. The third-order valence-corrected chi connectivity index (χ3v) is 3.81. The number of carbonyl (C=O) groups is 1. The molecule has 1 amide bonds. The van der Waals surface area contributed by atoms with Crippen LogP contribution in [0.25, 0.3) is 0 Å². The molecule has 0 saturated heterocycles. The Morgan fingerprint density at radius 2 is 2.18 bits per heavy atom. The molecule has 0 spiro atoms. The van der Waals surface area contributed by atoms with Crippen molar-refractivity contribution in [3.8, 4) is 0 Å². The first kappa shape index (κ1) is 15.8. The number of nitro benzene ring substituents is 1. The largest absolute Gasteiger partial charge is 0.336 e. The third kappa shape index (κ3) is 3.52. The molecule has 116 valence electrons. The van der Waals surface area contributed by atoms with Gasteiger partial charge in [-0.3, -0.25) is 14.9 Å². The number of anilines is 1. The third-order valence-electron chi connectivity index (χ3n) is 2.86. The molecule has 0 bridgehead atoms. The lowest BCUT2D eigenvalue weighted by atomic mass is 10.2. The van der Waals surface area contributed by atoms with Crippen molar-refractivity contribution >= 4 is 29.0 Å². The summed E-state index contributed by atoms with van der Waals surface area (Å²) < 4.78 is 1.30. The minimum Gasteiger partial charge on any atom is -0.336 e. The quantitative estimate of drug-likeness (QED) is 0.367. The van der Waals surface area contributed by atoms with Crippen molar-refractivity contribution in [3.05, 3.63) is 39.7 Å². The van der Waals surface area contributed by atoms with Gasteiger partial charge in [-0.1, -0.05) is 11.8 Å². The van der Waals surface area contributed by atoms with Crippen molar-refractivity contribution < 1.29 is 9.72 Å². The average molecular weight is 322 g/mol. The summed E-state index contributed by atoms with van der Waals surface area (Å²) in [6, 6.07) is 4.25. The molecule has 0 aliphatic heterocycles. The van der Waals surface area contributed by atoms with Crippen molar-refractivity contribution in [2.75, 3.05) is 16.9 Å². The van der Waals surface area contributed by atoms with Gasteiger partial charge in [-0.25, -0.2) is 4.68 Å². The van der Waals surface area contributed by atoms with Gasteiger partial charge < -0.3 is 11.2 Å². The van der Waals surface area contributed by atoms with Crippen LogP contribution >= 0.6 is 11.8 Å². The maximum absolute atomic E-state index is 11.9. The molecule has 22 heavy (non-hydrogen) atoms. The lowest BCUT2D eigenvalue weighted by Gasteiger charge is -2.08. The van der Waals surface area contributed by atoms with Crippen LogP contribution in [-0.4, -0.2) is 31.5 Å². The molecule has 0 aliphatic rings. The second-order valence-corrected chi connectivity index (χ2v) is 5.44. The Kier molecular flexibility index (Phi) is 4.61. The Morgan fingerprint density at radius 3 is 2.73 bits per heavy atom.